The summed E-state index contributed by atoms with van der Waals surface area (Å²) in [6.45, 7) is 2.70. The first-order valence-corrected chi connectivity index (χ1v) is 9.60. The lowest BCUT2D eigenvalue weighted by Gasteiger charge is -2.12. The SMILES string of the molecule is COc1ncccc1-c1nc2c(OC3(C)CC3)ncnc2n1Cc1ccccc1. The molecule has 4 aromatic rings. The highest BCUT2D eigenvalue weighted by atomic mass is 16.5. The van der Waals surface area contributed by atoms with Gasteiger partial charge in [0.1, 0.15) is 17.8 Å². The second-order valence-electron chi connectivity index (χ2n) is 7.47. The average molecular weight is 387 g/mol. The smallest absolute Gasteiger partial charge is 0.245 e. The van der Waals surface area contributed by atoms with Gasteiger partial charge in [-0.15, -0.1) is 0 Å². The van der Waals surface area contributed by atoms with Gasteiger partial charge >= 0.3 is 0 Å². The third-order valence-corrected chi connectivity index (χ3v) is 5.18. The molecule has 1 aliphatic carbocycles. The summed E-state index contributed by atoms with van der Waals surface area (Å²) in [5.74, 6) is 1.76. The van der Waals surface area contributed by atoms with Crippen LogP contribution in [0.4, 0.5) is 0 Å². The van der Waals surface area contributed by atoms with Gasteiger partial charge in [0.25, 0.3) is 0 Å². The van der Waals surface area contributed by atoms with E-state index in [-0.39, 0.29) is 5.60 Å². The standard InChI is InChI=1S/C22H21N5O2/c1-22(10-11-22)29-21-17-19(24-14-25-21)27(13-15-7-4-3-5-8-15)18(26-17)16-9-6-12-23-20(16)28-2/h3-9,12,14H,10-11,13H2,1-2H3. The van der Waals surface area contributed by atoms with Gasteiger partial charge < -0.3 is 14.0 Å². The number of hydrogen-bond acceptors (Lipinski definition) is 6. The Hall–Kier alpha value is -3.48. The van der Waals surface area contributed by atoms with Crippen LogP contribution in [-0.2, 0) is 6.54 Å². The van der Waals surface area contributed by atoms with Crippen LogP contribution in [0.1, 0.15) is 25.3 Å². The number of ether oxygens (including phenoxy) is 2. The molecule has 0 amide bonds. The maximum Gasteiger partial charge on any atom is 0.245 e. The fraction of sp³-hybridized carbons (Fsp3) is 0.273. The maximum absolute atomic E-state index is 6.16. The molecule has 0 N–H and O–H groups in total. The van der Waals surface area contributed by atoms with Crippen molar-refractivity contribution < 1.29 is 9.47 Å². The highest BCUT2D eigenvalue weighted by Gasteiger charge is 2.41. The summed E-state index contributed by atoms with van der Waals surface area (Å²) in [6, 6.07) is 14.0. The average Bonchev–Trinajstić information content (AvgIpc) is 3.37. The summed E-state index contributed by atoms with van der Waals surface area (Å²) >= 11 is 0. The molecule has 0 saturated heterocycles. The third kappa shape index (κ3) is 3.29. The van der Waals surface area contributed by atoms with E-state index in [0.29, 0.717) is 23.8 Å². The number of fused-ring (bicyclic) bond motifs is 1. The fourth-order valence-electron chi connectivity index (χ4n) is 3.35. The van der Waals surface area contributed by atoms with E-state index < -0.39 is 0 Å². The second-order valence-corrected chi connectivity index (χ2v) is 7.47. The fourth-order valence-corrected chi connectivity index (χ4v) is 3.35. The predicted octanol–water partition coefficient (Wildman–Crippen LogP) is 3.88. The Labute approximate surface area is 168 Å². The molecule has 3 heterocycles. The Morgan fingerprint density at radius 3 is 2.59 bits per heavy atom. The molecule has 7 nitrogen and oxygen atoms in total. The van der Waals surface area contributed by atoms with Crippen LogP contribution in [0.15, 0.2) is 55.0 Å². The minimum Gasteiger partial charge on any atom is -0.480 e. The Bertz CT molecular complexity index is 1170. The van der Waals surface area contributed by atoms with Gasteiger partial charge in [-0.2, -0.15) is 4.98 Å². The van der Waals surface area contributed by atoms with E-state index in [9.17, 15) is 0 Å². The van der Waals surface area contributed by atoms with Crippen LogP contribution < -0.4 is 9.47 Å². The zero-order valence-corrected chi connectivity index (χ0v) is 16.4. The van der Waals surface area contributed by atoms with Crippen LogP contribution >= 0.6 is 0 Å². The third-order valence-electron chi connectivity index (χ3n) is 5.18. The molecule has 3 aromatic heterocycles. The highest BCUT2D eigenvalue weighted by Crippen LogP contribution is 2.41. The monoisotopic (exact) mass is 387 g/mol. The zero-order chi connectivity index (χ0) is 19.8. The Morgan fingerprint density at radius 2 is 1.83 bits per heavy atom. The molecule has 0 aliphatic heterocycles. The molecule has 0 radical (unpaired) electrons. The largest absolute Gasteiger partial charge is 0.480 e. The van der Waals surface area contributed by atoms with Gasteiger partial charge in [-0.05, 0) is 37.5 Å². The number of pyridine rings is 1. The summed E-state index contributed by atoms with van der Waals surface area (Å²) < 4.78 is 13.7. The van der Waals surface area contributed by atoms with Crippen LogP contribution in [0, 0.1) is 0 Å². The molecule has 1 aromatic carbocycles. The van der Waals surface area contributed by atoms with Crippen molar-refractivity contribution in [3.63, 3.8) is 0 Å². The molecule has 7 heteroatoms. The van der Waals surface area contributed by atoms with Crippen molar-refractivity contribution in [3.05, 3.63) is 60.6 Å². The van der Waals surface area contributed by atoms with Crippen molar-refractivity contribution in [1.82, 2.24) is 24.5 Å². The van der Waals surface area contributed by atoms with Gasteiger partial charge in [0, 0.05) is 6.20 Å². The molecule has 0 unspecified atom stereocenters. The van der Waals surface area contributed by atoms with E-state index in [2.05, 4.69) is 38.6 Å². The van der Waals surface area contributed by atoms with Crippen molar-refractivity contribution in [2.75, 3.05) is 7.11 Å². The molecule has 0 spiro atoms. The molecule has 0 atom stereocenters. The number of imidazole rings is 1. The lowest BCUT2D eigenvalue weighted by atomic mass is 10.2. The van der Waals surface area contributed by atoms with Crippen molar-refractivity contribution >= 4 is 11.2 Å². The zero-order valence-electron chi connectivity index (χ0n) is 16.4. The summed E-state index contributed by atoms with van der Waals surface area (Å²) in [6.07, 6.45) is 5.28. The first kappa shape index (κ1) is 17.6. The number of benzene rings is 1. The van der Waals surface area contributed by atoms with Crippen molar-refractivity contribution in [1.29, 1.82) is 0 Å². The Kier molecular flexibility index (Phi) is 4.16. The van der Waals surface area contributed by atoms with Crippen LogP contribution in [0.2, 0.25) is 0 Å². The number of aromatic nitrogens is 5. The van der Waals surface area contributed by atoms with Crippen molar-refractivity contribution in [3.8, 4) is 23.1 Å². The Balaban J connectivity index is 1.71. The lowest BCUT2D eigenvalue weighted by Crippen LogP contribution is -2.13. The lowest BCUT2D eigenvalue weighted by molar-refractivity contribution is 0.194. The Morgan fingerprint density at radius 1 is 1.00 bits per heavy atom. The second kappa shape index (κ2) is 6.84. The minimum absolute atomic E-state index is 0.156. The molecule has 29 heavy (non-hydrogen) atoms. The van der Waals surface area contributed by atoms with Crippen LogP contribution in [-0.4, -0.2) is 37.2 Å². The van der Waals surface area contributed by atoms with Crippen LogP contribution in [0.5, 0.6) is 11.8 Å². The van der Waals surface area contributed by atoms with Gasteiger partial charge in [-0.3, -0.25) is 0 Å². The summed E-state index contributed by atoms with van der Waals surface area (Å²) in [4.78, 5) is 18.1. The van der Waals surface area contributed by atoms with E-state index in [1.807, 2.05) is 30.3 Å². The molecule has 0 bridgehead atoms. The molecule has 1 saturated carbocycles. The number of rotatable bonds is 6. The number of hydrogen-bond donors (Lipinski definition) is 0. The van der Waals surface area contributed by atoms with E-state index in [0.717, 1.165) is 35.4 Å². The quantitative estimate of drug-likeness (QED) is 0.500. The first-order chi connectivity index (χ1) is 14.2. The molecule has 146 valence electrons. The van der Waals surface area contributed by atoms with E-state index in [4.69, 9.17) is 14.5 Å². The van der Waals surface area contributed by atoms with Gasteiger partial charge in [0.15, 0.2) is 11.2 Å². The van der Waals surface area contributed by atoms with E-state index in [1.54, 1.807) is 13.3 Å². The predicted molar refractivity (Wildman–Crippen MR) is 109 cm³/mol. The topological polar surface area (TPSA) is 75.0 Å². The van der Waals surface area contributed by atoms with Crippen molar-refractivity contribution in [2.24, 2.45) is 0 Å². The maximum atomic E-state index is 6.16. The van der Waals surface area contributed by atoms with Gasteiger partial charge in [-0.1, -0.05) is 30.3 Å². The van der Waals surface area contributed by atoms with Crippen LogP contribution in [0.25, 0.3) is 22.6 Å². The number of nitrogens with zero attached hydrogens (tertiary/aromatic N) is 5. The number of methoxy groups -OCH3 is 1. The van der Waals surface area contributed by atoms with E-state index in [1.165, 1.54) is 6.33 Å². The van der Waals surface area contributed by atoms with Gasteiger partial charge in [0.2, 0.25) is 11.8 Å². The summed E-state index contributed by atoms with van der Waals surface area (Å²) in [7, 11) is 1.61. The van der Waals surface area contributed by atoms with E-state index >= 15 is 0 Å². The molecule has 5 rings (SSSR count). The van der Waals surface area contributed by atoms with Gasteiger partial charge in [-0.25, -0.2) is 15.0 Å². The molecular weight excluding hydrogens is 366 g/mol. The molecular formula is C22H21N5O2. The molecule has 1 aliphatic rings. The minimum atomic E-state index is -0.156. The van der Waals surface area contributed by atoms with Crippen LogP contribution in [0.3, 0.4) is 0 Å². The first-order valence-electron chi connectivity index (χ1n) is 9.60. The summed E-state index contributed by atoms with van der Waals surface area (Å²) in [5, 5.41) is 0. The van der Waals surface area contributed by atoms with Crippen molar-refractivity contribution in [2.45, 2.75) is 31.9 Å². The highest BCUT2D eigenvalue weighted by molar-refractivity contribution is 5.82. The normalized spacial score (nSPS) is 14.7. The molecule has 1 fully saturated rings. The van der Waals surface area contributed by atoms with Gasteiger partial charge in [0.05, 0.1) is 19.2 Å². The summed E-state index contributed by atoms with van der Waals surface area (Å²) in [5.41, 5.74) is 3.16.